The molecule has 0 heterocycles. The number of ether oxygens (including phenoxy) is 1. The molecule has 0 amide bonds. The van der Waals surface area contributed by atoms with E-state index in [1.165, 1.54) is 0 Å². The van der Waals surface area contributed by atoms with Crippen LogP contribution in [0, 0.1) is 0 Å². The van der Waals surface area contributed by atoms with E-state index < -0.39 is 18.6 Å². The normalized spacial score (nSPS) is 14.2. The van der Waals surface area contributed by atoms with Crippen LogP contribution in [0.2, 0.25) is 0 Å². The molecule has 0 aliphatic heterocycles. The van der Waals surface area contributed by atoms with Crippen molar-refractivity contribution in [1.82, 2.24) is 4.90 Å². The highest BCUT2D eigenvalue weighted by Crippen LogP contribution is 2.09. The third kappa shape index (κ3) is 6.03. The summed E-state index contributed by atoms with van der Waals surface area (Å²) in [7, 11) is 1.55. The molecule has 0 saturated heterocycles. The maximum absolute atomic E-state index is 9.11. The van der Waals surface area contributed by atoms with Crippen LogP contribution in [0.15, 0.2) is 0 Å². The van der Waals surface area contributed by atoms with Gasteiger partial charge in [-0.1, -0.05) is 6.92 Å². The molecule has 0 saturated carbocycles. The van der Waals surface area contributed by atoms with Gasteiger partial charge in [0.2, 0.25) is 0 Å². The van der Waals surface area contributed by atoms with Crippen LogP contribution in [-0.4, -0.2) is 70.8 Å². The van der Waals surface area contributed by atoms with Crippen molar-refractivity contribution in [2.45, 2.75) is 32.0 Å². The highest BCUT2D eigenvalue weighted by molar-refractivity contribution is 4.73. The largest absolute Gasteiger partial charge is 0.383 e. The Labute approximate surface area is 89.7 Å². The van der Waals surface area contributed by atoms with Crippen LogP contribution in [-0.2, 0) is 4.74 Å². The molecule has 1 unspecified atom stereocenters. The predicted molar refractivity (Wildman–Crippen MR) is 54.0 cm³/mol. The number of methoxy groups -OCH3 is 1. The molecule has 0 aromatic rings. The molecular weight excluding hydrogens is 202 g/mol. The predicted octanol–water partition coefficient (Wildman–Crippen LogP) is -1.67. The van der Waals surface area contributed by atoms with Gasteiger partial charge in [-0.15, -0.1) is 0 Å². The van der Waals surface area contributed by atoms with Crippen molar-refractivity contribution in [2.75, 3.05) is 26.8 Å². The van der Waals surface area contributed by atoms with Crippen LogP contribution >= 0.6 is 0 Å². The van der Waals surface area contributed by atoms with Gasteiger partial charge in [0.15, 0.2) is 12.6 Å². The third-order valence-corrected chi connectivity index (χ3v) is 2.25. The molecule has 1 atom stereocenters. The van der Waals surface area contributed by atoms with Crippen LogP contribution in [0.5, 0.6) is 0 Å². The van der Waals surface area contributed by atoms with Gasteiger partial charge < -0.3 is 25.2 Å². The number of nitrogens with zero attached hydrogens (tertiary/aromatic N) is 1. The zero-order chi connectivity index (χ0) is 11.8. The molecule has 0 spiro atoms. The first-order chi connectivity index (χ1) is 7.02. The first-order valence-electron chi connectivity index (χ1n) is 4.98. The molecule has 0 aromatic heterocycles. The highest BCUT2D eigenvalue weighted by Gasteiger charge is 2.25. The maximum Gasteiger partial charge on any atom is 0.167 e. The van der Waals surface area contributed by atoms with E-state index in [1.54, 1.807) is 12.0 Å². The average molecular weight is 223 g/mol. The van der Waals surface area contributed by atoms with Gasteiger partial charge in [-0.2, -0.15) is 0 Å². The minimum Gasteiger partial charge on any atom is -0.383 e. The van der Waals surface area contributed by atoms with Crippen LogP contribution < -0.4 is 0 Å². The van der Waals surface area contributed by atoms with Crippen LogP contribution in [0.25, 0.3) is 0 Å². The molecule has 15 heavy (non-hydrogen) atoms. The fourth-order valence-corrected chi connectivity index (χ4v) is 1.44. The fraction of sp³-hybridized carbons (Fsp3) is 1.00. The molecular formula is C9H21NO5. The van der Waals surface area contributed by atoms with Gasteiger partial charge in [-0.3, -0.25) is 4.90 Å². The number of hydrogen-bond donors (Lipinski definition) is 4. The summed E-state index contributed by atoms with van der Waals surface area (Å²) in [5.41, 5.74) is 0. The molecule has 0 fully saturated rings. The summed E-state index contributed by atoms with van der Waals surface area (Å²) in [5, 5.41) is 35.9. The van der Waals surface area contributed by atoms with E-state index in [0.29, 0.717) is 19.7 Å². The van der Waals surface area contributed by atoms with E-state index in [4.69, 9.17) is 25.2 Å². The Morgan fingerprint density at radius 2 is 1.80 bits per heavy atom. The molecule has 0 bridgehead atoms. The van der Waals surface area contributed by atoms with Crippen molar-refractivity contribution in [2.24, 2.45) is 0 Å². The fourth-order valence-electron chi connectivity index (χ4n) is 1.44. The SMILES string of the molecule is CCN(CCOC)C(CC(O)O)C(O)O. The molecule has 0 rings (SSSR count). The van der Waals surface area contributed by atoms with E-state index >= 15 is 0 Å². The van der Waals surface area contributed by atoms with Gasteiger partial charge in [-0.05, 0) is 6.54 Å². The smallest absolute Gasteiger partial charge is 0.167 e. The average Bonchev–Trinajstić information content (AvgIpc) is 2.16. The molecule has 6 heteroatoms. The highest BCUT2D eigenvalue weighted by atomic mass is 16.5. The van der Waals surface area contributed by atoms with Crippen LogP contribution in [0.1, 0.15) is 13.3 Å². The summed E-state index contributed by atoms with van der Waals surface area (Å²) in [5.74, 6) is 0. The number of aliphatic hydroxyl groups excluding tert-OH is 2. The lowest BCUT2D eigenvalue weighted by Crippen LogP contribution is -2.46. The van der Waals surface area contributed by atoms with E-state index in [-0.39, 0.29) is 6.42 Å². The van der Waals surface area contributed by atoms with Crippen molar-refractivity contribution in [3.63, 3.8) is 0 Å². The molecule has 0 aromatic carbocycles. The van der Waals surface area contributed by atoms with Crippen LogP contribution in [0.4, 0.5) is 0 Å². The number of aliphatic hydroxyl groups is 4. The van der Waals surface area contributed by atoms with E-state index in [0.717, 1.165) is 0 Å². The Balaban J connectivity index is 4.27. The van der Waals surface area contributed by atoms with Gasteiger partial charge in [0.1, 0.15) is 0 Å². The standard InChI is InChI=1S/C9H21NO5/c1-3-10(4-5-15-2)7(9(13)14)6-8(11)12/h7-9,11-14H,3-6H2,1-2H3. The Kier molecular flexibility index (Phi) is 7.85. The van der Waals surface area contributed by atoms with Crippen LogP contribution in [0.3, 0.4) is 0 Å². The van der Waals surface area contributed by atoms with Gasteiger partial charge in [0.25, 0.3) is 0 Å². The third-order valence-electron chi connectivity index (χ3n) is 2.25. The molecule has 0 aliphatic rings. The minimum absolute atomic E-state index is 0.102. The monoisotopic (exact) mass is 223 g/mol. The summed E-state index contributed by atoms with van der Waals surface area (Å²) in [6.45, 7) is 3.41. The van der Waals surface area contributed by atoms with Crippen molar-refractivity contribution in [3.8, 4) is 0 Å². The second-order valence-corrected chi connectivity index (χ2v) is 3.32. The quantitative estimate of drug-likeness (QED) is 0.368. The van der Waals surface area contributed by atoms with Gasteiger partial charge in [0.05, 0.1) is 12.6 Å². The summed E-state index contributed by atoms with van der Waals surface area (Å²) >= 11 is 0. The molecule has 4 N–H and O–H groups in total. The Morgan fingerprint density at radius 3 is 2.13 bits per heavy atom. The van der Waals surface area contributed by atoms with Crippen molar-refractivity contribution in [1.29, 1.82) is 0 Å². The zero-order valence-electron chi connectivity index (χ0n) is 9.20. The summed E-state index contributed by atoms with van der Waals surface area (Å²) in [4.78, 5) is 1.73. The first kappa shape index (κ1) is 14.8. The van der Waals surface area contributed by atoms with E-state index in [9.17, 15) is 0 Å². The summed E-state index contributed by atoms with van der Waals surface area (Å²) in [6, 6.07) is -0.690. The molecule has 0 radical (unpaired) electrons. The lowest BCUT2D eigenvalue weighted by atomic mass is 10.1. The van der Waals surface area contributed by atoms with E-state index in [1.807, 2.05) is 6.92 Å². The number of hydrogen-bond acceptors (Lipinski definition) is 6. The van der Waals surface area contributed by atoms with E-state index in [2.05, 4.69) is 0 Å². The van der Waals surface area contributed by atoms with Crippen molar-refractivity contribution in [3.05, 3.63) is 0 Å². The van der Waals surface area contributed by atoms with Crippen molar-refractivity contribution < 1.29 is 25.2 Å². The minimum atomic E-state index is -1.59. The molecule has 6 nitrogen and oxygen atoms in total. The summed E-state index contributed by atoms with van der Waals surface area (Å²) in [6.07, 6.45) is -3.24. The second-order valence-electron chi connectivity index (χ2n) is 3.32. The first-order valence-corrected chi connectivity index (χ1v) is 4.98. The number of rotatable bonds is 8. The molecule has 0 aliphatic carbocycles. The Bertz CT molecular complexity index is 153. The Hall–Kier alpha value is -0.240. The number of likely N-dealkylation sites (N-methyl/N-ethyl adjacent to an activating group) is 1. The molecule has 92 valence electrons. The lowest BCUT2D eigenvalue weighted by molar-refractivity contribution is -0.137. The van der Waals surface area contributed by atoms with Gasteiger partial charge in [0, 0.05) is 20.1 Å². The topological polar surface area (TPSA) is 93.4 Å². The summed E-state index contributed by atoms with van der Waals surface area (Å²) < 4.78 is 4.88. The van der Waals surface area contributed by atoms with Gasteiger partial charge >= 0.3 is 0 Å². The lowest BCUT2D eigenvalue weighted by Gasteiger charge is -2.32. The Morgan fingerprint density at radius 1 is 1.20 bits per heavy atom. The zero-order valence-corrected chi connectivity index (χ0v) is 9.20. The second kappa shape index (κ2) is 7.98. The van der Waals surface area contributed by atoms with Crippen molar-refractivity contribution >= 4 is 0 Å². The maximum atomic E-state index is 9.11. The van der Waals surface area contributed by atoms with Gasteiger partial charge in [-0.25, -0.2) is 0 Å².